The van der Waals surface area contributed by atoms with Gasteiger partial charge in [0.1, 0.15) is 12.4 Å². The highest BCUT2D eigenvalue weighted by Gasteiger charge is 2.11. The van der Waals surface area contributed by atoms with Crippen molar-refractivity contribution < 1.29 is 9.53 Å². The van der Waals surface area contributed by atoms with Gasteiger partial charge in [-0.3, -0.25) is 4.79 Å². The van der Waals surface area contributed by atoms with E-state index in [1.807, 2.05) is 84.9 Å². The third-order valence-electron chi connectivity index (χ3n) is 3.70. The van der Waals surface area contributed by atoms with Gasteiger partial charge in [0.15, 0.2) is 0 Å². The minimum absolute atomic E-state index is 0.0916. The summed E-state index contributed by atoms with van der Waals surface area (Å²) in [5, 5.41) is 2.96. The van der Waals surface area contributed by atoms with Crippen LogP contribution in [0.25, 0.3) is 0 Å². The van der Waals surface area contributed by atoms with Gasteiger partial charge in [-0.2, -0.15) is 0 Å². The highest BCUT2D eigenvalue weighted by atomic mass is 16.5. The largest absolute Gasteiger partial charge is 0.489 e. The lowest BCUT2D eigenvalue weighted by molar-refractivity contribution is 0.0948. The number of carbonyl (C=O) groups is 1. The van der Waals surface area contributed by atoms with Gasteiger partial charge in [0.05, 0.1) is 0 Å². The predicted molar refractivity (Wildman–Crippen MR) is 94.8 cm³/mol. The van der Waals surface area contributed by atoms with E-state index in [2.05, 4.69) is 5.32 Å². The molecule has 0 aliphatic rings. The number of benzene rings is 3. The molecule has 120 valence electrons. The zero-order chi connectivity index (χ0) is 16.6. The quantitative estimate of drug-likeness (QED) is 0.740. The van der Waals surface area contributed by atoms with Crippen molar-refractivity contribution in [1.29, 1.82) is 0 Å². The van der Waals surface area contributed by atoms with Crippen molar-refractivity contribution >= 4 is 5.91 Å². The third-order valence-corrected chi connectivity index (χ3v) is 3.70. The van der Waals surface area contributed by atoms with Crippen molar-refractivity contribution in [1.82, 2.24) is 5.32 Å². The molecule has 0 radical (unpaired) electrons. The lowest BCUT2D eigenvalue weighted by Crippen LogP contribution is -2.24. The standard InChI is InChI=1S/C21H19NO2/c23-21(22-15-17-9-3-1-4-10-17)20-14-8-7-11-18(20)16-24-19-12-5-2-6-13-19/h1-14H,15-16H2,(H,22,23). The smallest absolute Gasteiger partial charge is 0.251 e. The molecule has 0 unspecified atom stereocenters. The van der Waals surface area contributed by atoms with Gasteiger partial charge in [0.25, 0.3) is 5.91 Å². The van der Waals surface area contributed by atoms with Crippen LogP contribution < -0.4 is 10.1 Å². The van der Waals surface area contributed by atoms with E-state index in [-0.39, 0.29) is 5.91 Å². The summed E-state index contributed by atoms with van der Waals surface area (Å²) < 4.78 is 5.77. The molecule has 3 aromatic rings. The van der Waals surface area contributed by atoms with Crippen LogP contribution in [-0.4, -0.2) is 5.91 Å². The molecule has 0 spiro atoms. The molecule has 24 heavy (non-hydrogen) atoms. The van der Waals surface area contributed by atoms with Crippen LogP contribution in [0.3, 0.4) is 0 Å². The molecule has 0 bridgehead atoms. The summed E-state index contributed by atoms with van der Waals surface area (Å²) in [6, 6.07) is 27.0. The Morgan fingerprint density at radius 2 is 1.42 bits per heavy atom. The van der Waals surface area contributed by atoms with Crippen molar-refractivity contribution in [2.75, 3.05) is 0 Å². The summed E-state index contributed by atoms with van der Waals surface area (Å²) in [5.74, 6) is 0.697. The molecule has 0 saturated carbocycles. The molecule has 3 heteroatoms. The molecular weight excluding hydrogens is 298 g/mol. The Kier molecular flexibility index (Phi) is 5.25. The Hall–Kier alpha value is -3.07. The van der Waals surface area contributed by atoms with Gasteiger partial charge in [-0.15, -0.1) is 0 Å². The lowest BCUT2D eigenvalue weighted by Gasteiger charge is -2.11. The monoisotopic (exact) mass is 317 g/mol. The average Bonchev–Trinajstić information content (AvgIpc) is 2.66. The van der Waals surface area contributed by atoms with E-state index in [1.54, 1.807) is 0 Å². The predicted octanol–water partition coefficient (Wildman–Crippen LogP) is 4.20. The molecule has 3 aromatic carbocycles. The van der Waals surface area contributed by atoms with E-state index >= 15 is 0 Å². The second-order valence-corrected chi connectivity index (χ2v) is 5.43. The van der Waals surface area contributed by atoms with E-state index in [0.29, 0.717) is 18.7 Å². The van der Waals surface area contributed by atoms with E-state index in [4.69, 9.17) is 4.74 Å². The maximum Gasteiger partial charge on any atom is 0.251 e. The number of rotatable bonds is 6. The van der Waals surface area contributed by atoms with Crippen LogP contribution in [0.2, 0.25) is 0 Å². The first-order chi connectivity index (χ1) is 11.8. The van der Waals surface area contributed by atoms with Crippen molar-refractivity contribution in [3.63, 3.8) is 0 Å². The Morgan fingerprint density at radius 1 is 0.792 bits per heavy atom. The number of amides is 1. The molecule has 0 saturated heterocycles. The highest BCUT2D eigenvalue weighted by Crippen LogP contribution is 2.15. The van der Waals surface area contributed by atoms with Crippen LogP contribution in [0.4, 0.5) is 0 Å². The fraction of sp³-hybridized carbons (Fsp3) is 0.0952. The molecule has 0 aliphatic carbocycles. The fourth-order valence-corrected chi connectivity index (χ4v) is 2.42. The molecular formula is C21H19NO2. The number of hydrogen-bond acceptors (Lipinski definition) is 2. The molecule has 0 fully saturated rings. The SMILES string of the molecule is O=C(NCc1ccccc1)c1ccccc1COc1ccccc1. The molecule has 1 N–H and O–H groups in total. The average molecular weight is 317 g/mol. The fourth-order valence-electron chi connectivity index (χ4n) is 2.42. The van der Waals surface area contributed by atoms with Crippen LogP contribution in [0, 0.1) is 0 Å². The van der Waals surface area contributed by atoms with Crippen LogP contribution in [0.5, 0.6) is 5.75 Å². The minimum Gasteiger partial charge on any atom is -0.489 e. The normalized spacial score (nSPS) is 10.2. The first-order valence-electron chi connectivity index (χ1n) is 7.91. The number of hydrogen-bond donors (Lipinski definition) is 1. The number of nitrogens with one attached hydrogen (secondary N) is 1. The van der Waals surface area contributed by atoms with Gasteiger partial charge in [-0.25, -0.2) is 0 Å². The van der Waals surface area contributed by atoms with E-state index < -0.39 is 0 Å². The Morgan fingerprint density at radius 3 is 2.17 bits per heavy atom. The van der Waals surface area contributed by atoms with Crippen molar-refractivity contribution in [2.45, 2.75) is 13.2 Å². The van der Waals surface area contributed by atoms with Crippen LogP contribution >= 0.6 is 0 Å². The summed E-state index contributed by atoms with van der Waals surface area (Å²) in [6.07, 6.45) is 0. The Balaban J connectivity index is 1.65. The van der Waals surface area contributed by atoms with Crippen molar-refractivity contribution in [2.24, 2.45) is 0 Å². The van der Waals surface area contributed by atoms with E-state index in [0.717, 1.165) is 16.9 Å². The van der Waals surface area contributed by atoms with Gasteiger partial charge < -0.3 is 10.1 Å². The minimum atomic E-state index is -0.0916. The van der Waals surface area contributed by atoms with Gasteiger partial charge in [-0.1, -0.05) is 66.7 Å². The molecule has 3 rings (SSSR count). The summed E-state index contributed by atoms with van der Waals surface area (Å²) >= 11 is 0. The topological polar surface area (TPSA) is 38.3 Å². The van der Waals surface area contributed by atoms with Gasteiger partial charge in [0.2, 0.25) is 0 Å². The summed E-state index contributed by atoms with van der Waals surface area (Å²) in [4.78, 5) is 12.5. The summed E-state index contributed by atoms with van der Waals surface area (Å²) in [6.45, 7) is 0.868. The van der Waals surface area contributed by atoms with Gasteiger partial charge >= 0.3 is 0 Å². The van der Waals surface area contributed by atoms with Crippen LogP contribution in [0.15, 0.2) is 84.9 Å². The molecule has 0 aromatic heterocycles. The molecule has 0 atom stereocenters. The zero-order valence-electron chi connectivity index (χ0n) is 13.3. The number of ether oxygens (including phenoxy) is 1. The summed E-state index contributed by atoms with van der Waals surface area (Å²) in [5.41, 5.74) is 2.58. The molecule has 3 nitrogen and oxygen atoms in total. The Labute approximate surface area is 141 Å². The van der Waals surface area contributed by atoms with Crippen LogP contribution in [0.1, 0.15) is 21.5 Å². The molecule has 0 heterocycles. The van der Waals surface area contributed by atoms with Crippen molar-refractivity contribution in [3.8, 4) is 5.75 Å². The van der Waals surface area contributed by atoms with E-state index in [1.165, 1.54) is 0 Å². The maximum atomic E-state index is 12.5. The molecule has 1 amide bonds. The van der Waals surface area contributed by atoms with Gasteiger partial charge in [0, 0.05) is 17.7 Å². The van der Waals surface area contributed by atoms with E-state index in [9.17, 15) is 4.79 Å². The maximum absolute atomic E-state index is 12.5. The highest BCUT2D eigenvalue weighted by molar-refractivity contribution is 5.95. The lowest BCUT2D eigenvalue weighted by atomic mass is 10.1. The Bertz CT molecular complexity index is 785. The number of para-hydroxylation sites is 1. The van der Waals surface area contributed by atoms with Crippen molar-refractivity contribution in [3.05, 3.63) is 102 Å². The van der Waals surface area contributed by atoms with Crippen LogP contribution in [-0.2, 0) is 13.2 Å². The first kappa shape index (κ1) is 15.8. The number of carbonyl (C=O) groups excluding carboxylic acids is 1. The second-order valence-electron chi connectivity index (χ2n) is 5.43. The zero-order valence-corrected chi connectivity index (χ0v) is 13.3. The molecule has 0 aliphatic heterocycles. The summed E-state index contributed by atoms with van der Waals surface area (Å²) in [7, 11) is 0. The second kappa shape index (κ2) is 7.97. The third kappa shape index (κ3) is 4.23. The first-order valence-corrected chi connectivity index (χ1v) is 7.91. The van der Waals surface area contributed by atoms with Gasteiger partial charge in [-0.05, 0) is 23.8 Å².